The molecule has 0 aliphatic carbocycles. The van der Waals surface area contributed by atoms with Gasteiger partial charge in [-0.1, -0.05) is 0 Å². The Morgan fingerprint density at radius 2 is 2.11 bits per heavy atom. The van der Waals surface area contributed by atoms with Crippen LogP contribution in [-0.4, -0.2) is 42.4 Å². The number of rotatable bonds is 6. The van der Waals surface area contributed by atoms with Crippen LogP contribution in [0.1, 0.15) is 35.6 Å². The van der Waals surface area contributed by atoms with Crippen molar-refractivity contribution in [2.24, 2.45) is 0 Å². The highest BCUT2D eigenvalue weighted by Gasteiger charge is 2.18. The van der Waals surface area contributed by atoms with Crippen molar-refractivity contribution in [2.45, 2.75) is 33.8 Å². The minimum Gasteiger partial charge on any atom is -0.478 e. The van der Waals surface area contributed by atoms with Gasteiger partial charge in [0.15, 0.2) is 0 Å². The Bertz CT molecular complexity index is 458. The number of aromatic nitrogens is 1. The summed E-state index contributed by atoms with van der Waals surface area (Å²) < 4.78 is 5.49. The molecule has 0 saturated carbocycles. The summed E-state index contributed by atoms with van der Waals surface area (Å²) in [5, 5.41) is 9.30. The van der Waals surface area contributed by atoms with Crippen LogP contribution in [0.2, 0.25) is 0 Å². The SMILES string of the molecule is Cc1cc(N(C)CCOC(C)C)c(C(=O)O)c(C)n1. The average Bonchev–Trinajstić information content (AvgIpc) is 2.26. The zero-order valence-corrected chi connectivity index (χ0v) is 12.2. The lowest BCUT2D eigenvalue weighted by Gasteiger charge is -2.23. The molecule has 0 aliphatic heterocycles. The fraction of sp³-hybridized carbons (Fsp3) is 0.571. The van der Waals surface area contributed by atoms with E-state index in [0.717, 1.165) is 5.69 Å². The highest BCUT2D eigenvalue weighted by Crippen LogP contribution is 2.23. The van der Waals surface area contributed by atoms with E-state index in [4.69, 9.17) is 4.74 Å². The summed E-state index contributed by atoms with van der Waals surface area (Å²) in [4.78, 5) is 17.4. The Balaban J connectivity index is 2.94. The minimum absolute atomic E-state index is 0.174. The molecule has 0 aromatic carbocycles. The molecule has 0 fully saturated rings. The monoisotopic (exact) mass is 266 g/mol. The van der Waals surface area contributed by atoms with Gasteiger partial charge in [-0.15, -0.1) is 0 Å². The van der Waals surface area contributed by atoms with Gasteiger partial charge in [0.2, 0.25) is 0 Å². The van der Waals surface area contributed by atoms with E-state index in [1.165, 1.54) is 0 Å². The number of likely N-dealkylation sites (N-methyl/N-ethyl adjacent to an activating group) is 1. The summed E-state index contributed by atoms with van der Waals surface area (Å²) in [5.41, 5.74) is 2.30. The van der Waals surface area contributed by atoms with Crippen molar-refractivity contribution >= 4 is 11.7 Å². The molecule has 0 atom stereocenters. The maximum atomic E-state index is 11.3. The van der Waals surface area contributed by atoms with Crippen molar-refractivity contribution in [3.05, 3.63) is 23.0 Å². The van der Waals surface area contributed by atoms with E-state index < -0.39 is 5.97 Å². The number of carboxylic acids is 1. The molecule has 0 aliphatic rings. The molecule has 0 unspecified atom stereocenters. The molecule has 1 aromatic rings. The molecular formula is C14H22N2O3. The fourth-order valence-corrected chi connectivity index (χ4v) is 1.92. The van der Waals surface area contributed by atoms with E-state index in [2.05, 4.69) is 4.98 Å². The molecule has 1 N–H and O–H groups in total. The number of anilines is 1. The number of carbonyl (C=O) groups is 1. The molecule has 0 saturated heterocycles. The molecule has 0 radical (unpaired) electrons. The lowest BCUT2D eigenvalue weighted by atomic mass is 10.1. The predicted octanol–water partition coefficient (Wildman–Crippen LogP) is 2.26. The Kier molecular flexibility index (Phi) is 5.30. The van der Waals surface area contributed by atoms with Gasteiger partial charge in [-0.05, 0) is 33.8 Å². The summed E-state index contributed by atoms with van der Waals surface area (Å²) >= 11 is 0. The van der Waals surface area contributed by atoms with Crippen LogP contribution in [0.5, 0.6) is 0 Å². The molecule has 1 rings (SSSR count). The Hall–Kier alpha value is -1.62. The second-order valence-electron chi connectivity index (χ2n) is 4.89. The Morgan fingerprint density at radius 1 is 1.47 bits per heavy atom. The van der Waals surface area contributed by atoms with Crippen LogP contribution in [0.15, 0.2) is 6.07 Å². The third-order valence-corrected chi connectivity index (χ3v) is 2.81. The zero-order valence-electron chi connectivity index (χ0n) is 12.2. The predicted molar refractivity (Wildman–Crippen MR) is 75.0 cm³/mol. The number of hydrogen-bond acceptors (Lipinski definition) is 4. The van der Waals surface area contributed by atoms with E-state index in [9.17, 15) is 9.90 Å². The molecule has 106 valence electrons. The van der Waals surface area contributed by atoms with Gasteiger partial charge in [-0.2, -0.15) is 0 Å². The highest BCUT2D eigenvalue weighted by atomic mass is 16.5. The standard InChI is InChI=1S/C14H22N2O3/c1-9(2)19-7-6-16(5)12-8-10(3)15-11(4)13(12)14(17)18/h8-9H,6-7H2,1-5H3,(H,17,18). The Labute approximate surface area is 114 Å². The van der Waals surface area contributed by atoms with Gasteiger partial charge >= 0.3 is 5.97 Å². The molecule has 0 bridgehead atoms. The second-order valence-corrected chi connectivity index (χ2v) is 4.89. The van der Waals surface area contributed by atoms with Crippen LogP contribution >= 0.6 is 0 Å². The second kappa shape index (κ2) is 6.52. The number of ether oxygens (including phenoxy) is 1. The average molecular weight is 266 g/mol. The van der Waals surface area contributed by atoms with Gasteiger partial charge in [0, 0.05) is 19.3 Å². The van der Waals surface area contributed by atoms with Crippen LogP contribution in [0, 0.1) is 13.8 Å². The summed E-state index contributed by atoms with van der Waals surface area (Å²) in [7, 11) is 1.87. The van der Waals surface area contributed by atoms with Gasteiger partial charge in [0.05, 0.1) is 24.1 Å². The first-order chi connectivity index (χ1) is 8.82. The van der Waals surface area contributed by atoms with E-state index in [1.54, 1.807) is 13.0 Å². The first-order valence-electron chi connectivity index (χ1n) is 6.37. The normalized spacial score (nSPS) is 10.8. The van der Waals surface area contributed by atoms with Crippen LogP contribution < -0.4 is 4.90 Å². The third kappa shape index (κ3) is 4.21. The van der Waals surface area contributed by atoms with Crippen LogP contribution in [0.25, 0.3) is 0 Å². The van der Waals surface area contributed by atoms with Crippen LogP contribution in [0.4, 0.5) is 5.69 Å². The van der Waals surface area contributed by atoms with E-state index in [-0.39, 0.29) is 11.7 Å². The molecular weight excluding hydrogens is 244 g/mol. The quantitative estimate of drug-likeness (QED) is 0.855. The van der Waals surface area contributed by atoms with Gasteiger partial charge in [-0.3, -0.25) is 4.98 Å². The summed E-state index contributed by atoms with van der Waals surface area (Å²) in [5.74, 6) is -0.948. The lowest BCUT2D eigenvalue weighted by molar-refractivity contribution is 0.0694. The van der Waals surface area contributed by atoms with Gasteiger partial charge in [0.1, 0.15) is 5.56 Å². The molecule has 0 amide bonds. The van der Waals surface area contributed by atoms with Crippen LogP contribution in [0.3, 0.4) is 0 Å². The van der Waals surface area contributed by atoms with Crippen molar-refractivity contribution in [3.63, 3.8) is 0 Å². The Morgan fingerprint density at radius 3 is 2.63 bits per heavy atom. The highest BCUT2D eigenvalue weighted by molar-refractivity contribution is 5.95. The molecule has 1 heterocycles. The van der Waals surface area contributed by atoms with Crippen molar-refractivity contribution < 1.29 is 14.6 Å². The van der Waals surface area contributed by atoms with Crippen molar-refractivity contribution in [3.8, 4) is 0 Å². The zero-order chi connectivity index (χ0) is 14.6. The third-order valence-electron chi connectivity index (χ3n) is 2.81. The smallest absolute Gasteiger partial charge is 0.339 e. The number of carboxylic acid groups (broad SMARTS) is 1. The maximum absolute atomic E-state index is 11.3. The molecule has 5 nitrogen and oxygen atoms in total. The first kappa shape index (κ1) is 15.4. The van der Waals surface area contributed by atoms with E-state index >= 15 is 0 Å². The molecule has 19 heavy (non-hydrogen) atoms. The maximum Gasteiger partial charge on any atom is 0.339 e. The molecule has 0 spiro atoms. The number of pyridine rings is 1. The molecule has 5 heteroatoms. The van der Waals surface area contributed by atoms with Crippen LogP contribution in [-0.2, 0) is 4.74 Å². The van der Waals surface area contributed by atoms with Crippen molar-refractivity contribution in [1.29, 1.82) is 0 Å². The summed E-state index contributed by atoms with van der Waals surface area (Å²) in [6.07, 6.45) is 0.174. The van der Waals surface area contributed by atoms with Gasteiger partial charge in [-0.25, -0.2) is 4.79 Å². The number of aryl methyl sites for hydroxylation is 2. The number of nitrogens with zero attached hydrogens (tertiary/aromatic N) is 2. The van der Waals surface area contributed by atoms with Gasteiger partial charge < -0.3 is 14.7 Å². The van der Waals surface area contributed by atoms with E-state index in [1.807, 2.05) is 32.7 Å². The minimum atomic E-state index is -0.948. The fourth-order valence-electron chi connectivity index (χ4n) is 1.92. The topological polar surface area (TPSA) is 62.7 Å². The lowest BCUT2D eigenvalue weighted by Crippen LogP contribution is -2.26. The number of hydrogen-bond donors (Lipinski definition) is 1. The van der Waals surface area contributed by atoms with Crippen molar-refractivity contribution in [2.75, 3.05) is 25.1 Å². The largest absolute Gasteiger partial charge is 0.478 e. The summed E-state index contributed by atoms with van der Waals surface area (Å²) in [6, 6.07) is 1.80. The summed E-state index contributed by atoms with van der Waals surface area (Å²) in [6.45, 7) is 8.74. The van der Waals surface area contributed by atoms with Crippen molar-refractivity contribution in [1.82, 2.24) is 4.98 Å². The number of aromatic carboxylic acids is 1. The van der Waals surface area contributed by atoms with E-state index in [0.29, 0.717) is 24.5 Å². The molecule has 1 aromatic heterocycles. The first-order valence-corrected chi connectivity index (χ1v) is 6.37. The van der Waals surface area contributed by atoms with Gasteiger partial charge in [0.25, 0.3) is 0 Å².